The number of aryl methyl sites for hydroxylation is 1. The van der Waals surface area contributed by atoms with Gasteiger partial charge in [0.2, 0.25) is 0 Å². The number of nitrogens with one attached hydrogen (secondary N) is 1. The molecule has 23 heavy (non-hydrogen) atoms. The van der Waals surface area contributed by atoms with Crippen LogP contribution in [0.2, 0.25) is 0 Å². The molecule has 0 aliphatic heterocycles. The van der Waals surface area contributed by atoms with Gasteiger partial charge in [0.15, 0.2) is 5.65 Å². The second-order valence-corrected chi connectivity index (χ2v) is 4.87. The highest BCUT2D eigenvalue weighted by Gasteiger charge is 2.19. The number of hydrogen-bond donors (Lipinski definition) is 3. The van der Waals surface area contributed by atoms with Gasteiger partial charge in [-0.2, -0.15) is 5.10 Å². The van der Waals surface area contributed by atoms with E-state index in [9.17, 15) is 25.1 Å². The SMILES string of the molecule is Cc1[nH]nc2nc(-c3cc([N+](=O)[O-])ccc3O)cc(C(=O)O)c12. The summed E-state index contributed by atoms with van der Waals surface area (Å²) in [5.41, 5.74) is 0.548. The van der Waals surface area contributed by atoms with Crippen LogP contribution in [0.25, 0.3) is 22.3 Å². The number of carboxylic acid groups (broad SMARTS) is 1. The van der Waals surface area contributed by atoms with Crippen molar-refractivity contribution in [3.8, 4) is 17.0 Å². The Morgan fingerprint density at radius 3 is 2.74 bits per heavy atom. The first-order valence-electron chi connectivity index (χ1n) is 6.45. The van der Waals surface area contributed by atoms with Gasteiger partial charge >= 0.3 is 5.97 Å². The van der Waals surface area contributed by atoms with Crippen LogP contribution in [-0.2, 0) is 0 Å². The van der Waals surface area contributed by atoms with Crippen molar-refractivity contribution in [2.45, 2.75) is 6.92 Å². The molecule has 3 rings (SSSR count). The standard InChI is InChI=1S/C14H10N4O5/c1-6-12-9(14(20)21)5-10(15-13(12)17-16-6)8-4-7(18(22)23)2-3-11(8)19/h2-5,19H,1H3,(H,20,21)(H,15,16,17). The highest BCUT2D eigenvalue weighted by molar-refractivity contribution is 6.04. The molecule has 0 unspecified atom stereocenters. The molecular weight excluding hydrogens is 304 g/mol. The number of phenolic OH excluding ortho intramolecular Hbond substituents is 1. The fourth-order valence-corrected chi connectivity index (χ4v) is 2.32. The summed E-state index contributed by atoms with van der Waals surface area (Å²) in [5.74, 6) is -1.43. The first kappa shape index (κ1) is 14.4. The van der Waals surface area contributed by atoms with Crippen molar-refractivity contribution >= 4 is 22.7 Å². The lowest BCUT2D eigenvalue weighted by molar-refractivity contribution is -0.384. The summed E-state index contributed by atoms with van der Waals surface area (Å²) >= 11 is 0. The fourth-order valence-electron chi connectivity index (χ4n) is 2.32. The largest absolute Gasteiger partial charge is 0.507 e. The summed E-state index contributed by atoms with van der Waals surface area (Å²) in [7, 11) is 0. The number of non-ortho nitro benzene ring substituents is 1. The molecule has 0 saturated heterocycles. The third-order valence-corrected chi connectivity index (χ3v) is 3.40. The predicted octanol–water partition coefficient (Wildman–Crippen LogP) is 2.25. The average Bonchev–Trinajstić information content (AvgIpc) is 2.88. The maximum atomic E-state index is 11.5. The Morgan fingerprint density at radius 2 is 2.09 bits per heavy atom. The summed E-state index contributed by atoms with van der Waals surface area (Å²) in [6.07, 6.45) is 0. The molecule has 9 nitrogen and oxygen atoms in total. The molecule has 0 bridgehead atoms. The Bertz CT molecular complexity index is 963. The highest BCUT2D eigenvalue weighted by atomic mass is 16.6. The van der Waals surface area contributed by atoms with E-state index in [1.165, 1.54) is 6.07 Å². The normalized spacial score (nSPS) is 10.8. The Balaban J connectivity index is 2.31. The summed E-state index contributed by atoms with van der Waals surface area (Å²) in [6, 6.07) is 4.70. The van der Waals surface area contributed by atoms with Gasteiger partial charge in [0.05, 0.1) is 21.6 Å². The number of fused-ring (bicyclic) bond motifs is 1. The number of phenols is 1. The molecule has 9 heteroatoms. The quantitative estimate of drug-likeness (QED) is 0.497. The van der Waals surface area contributed by atoms with E-state index in [1.807, 2.05) is 0 Å². The molecule has 0 amide bonds. The number of nitro groups is 1. The number of hydrogen-bond acceptors (Lipinski definition) is 6. The summed E-state index contributed by atoms with van der Waals surface area (Å²) in [4.78, 5) is 25.9. The molecule has 1 aromatic carbocycles. The van der Waals surface area contributed by atoms with E-state index < -0.39 is 10.9 Å². The Labute approximate surface area is 128 Å². The average molecular weight is 314 g/mol. The first-order valence-corrected chi connectivity index (χ1v) is 6.45. The summed E-state index contributed by atoms with van der Waals surface area (Å²) in [5, 5.41) is 37.1. The topological polar surface area (TPSA) is 142 Å². The number of aromatic nitrogens is 3. The van der Waals surface area contributed by atoms with E-state index in [2.05, 4.69) is 15.2 Å². The minimum atomic E-state index is -1.19. The van der Waals surface area contributed by atoms with Gasteiger partial charge in [-0.05, 0) is 19.1 Å². The van der Waals surface area contributed by atoms with Crippen molar-refractivity contribution < 1.29 is 19.9 Å². The van der Waals surface area contributed by atoms with Crippen LogP contribution in [0.3, 0.4) is 0 Å². The van der Waals surface area contributed by atoms with Crippen LogP contribution in [0, 0.1) is 17.0 Å². The van der Waals surface area contributed by atoms with E-state index in [0.29, 0.717) is 11.1 Å². The summed E-state index contributed by atoms with van der Waals surface area (Å²) in [6.45, 7) is 1.66. The van der Waals surface area contributed by atoms with Crippen molar-refractivity contribution in [2.75, 3.05) is 0 Å². The molecule has 0 spiro atoms. The van der Waals surface area contributed by atoms with Crippen LogP contribution in [0.5, 0.6) is 5.75 Å². The number of nitro benzene ring substituents is 1. The number of pyridine rings is 1. The van der Waals surface area contributed by atoms with Crippen LogP contribution >= 0.6 is 0 Å². The number of carboxylic acids is 1. The van der Waals surface area contributed by atoms with E-state index in [1.54, 1.807) is 6.92 Å². The first-order chi connectivity index (χ1) is 10.9. The maximum absolute atomic E-state index is 11.5. The van der Waals surface area contributed by atoms with Gasteiger partial charge in [-0.25, -0.2) is 9.78 Å². The van der Waals surface area contributed by atoms with E-state index in [-0.39, 0.29) is 33.9 Å². The van der Waals surface area contributed by atoms with Crippen LogP contribution in [0.15, 0.2) is 24.3 Å². The number of H-pyrrole nitrogens is 1. The number of nitrogens with zero attached hydrogens (tertiary/aromatic N) is 3. The number of rotatable bonds is 3. The van der Waals surface area contributed by atoms with Crippen molar-refractivity contribution in [1.29, 1.82) is 0 Å². The molecule has 0 saturated carbocycles. The molecule has 3 aromatic rings. The molecule has 2 aromatic heterocycles. The summed E-state index contributed by atoms with van der Waals surface area (Å²) < 4.78 is 0. The lowest BCUT2D eigenvalue weighted by Gasteiger charge is -2.06. The second kappa shape index (κ2) is 5.05. The zero-order valence-electron chi connectivity index (χ0n) is 11.8. The third-order valence-electron chi connectivity index (χ3n) is 3.40. The van der Waals surface area contributed by atoms with Crippen LogP contribution in [-0.4, -0.2) is 36.3 Å². The zero-order chi connectivity index (χ0) is 16.7. The molecule has 0 atom stereocenters. The second-order valence-electron chi connectivity index (χ2n) is 4.87. The van der Waals surface area contributed by atoms with Gasteiger partial charge in [0, 0.05) is 23.4 Å². The molecule has 0 aliphatic rings. The number of carbonyl (C=O) groups is 1. The van der Waals surface area contributed by atoms with Gasteiger partial charge in [0.25, 0.3) is 5.69 Å². The third kappa shape index (κ3) is 2.33. The molecule has 2 heterocycles. The minimum absolute atomic E-state index is 0.0536. The van der Waals surface area contributed by atoms with Crippen LogP contribution < -0.4 is 0 Å². The van der Waals surface area contributed by atoms with Gasteiger partial charge in [-0.15, -0.1) is 0 Å². The monoisotopic (exact) mass is 314 g/mol. The van der Waals surface area contributed by atoms with Crippen LogP contribution in [0.4, 0.5) is 5.69 Å². The van der Waals surface area contributed by atoms with E-state index in [0.717, 1.165) is 18.2 Å². The number of aromatic carboxylic acids is 1. The van der Waals surface area contributed by atoms with E-state index in [4.69, 9.17) is 0 Å². The fraction of sp³-hybridized carbons (Fsp3) is 0.0714. The smallest absolute Gasteiger partial charge is 0.336 e. The van der Waals surface area contributed by atoms with Crippen LogP contribution in [0.1, 0.15) is 16.1 Å². The molecular formula is C14H10N4O5. The molecule has 116 valence electrons. The Hall–Kier alpha value is -3.49. The molecule has 0 radical (unpaired) electrons. The Morgan fingerprint density at radius 1 is 1.35 bits per heavy atom. The zero-order valence-corrected chi connectivity index (χ0v) is 11.8. The maximum Gasteiger partial charge on any atom is 0.336 e. The van der Waals surface area contributed by atoms with Crippen molar-refractivity contribution in [3.05, 3.63) is 45.6 Å². The molecule has 3 N–H and O–H groups in total. The number of aromatic amines is 1. The van der Waals surface area contributed by atoms with E-state index >= 15 is 0 Å². The predicted molar refractivity (Wildman–Crippen MR) is 79.3 cm³/mol. The van der Waals surface area contributed by atoms with Gasteiger partial charge in [-0.3, -0.25) is 15.2 Å². The molecule has 0 aliphatic carbocycles. The van der Waals surface area contributed by atoms with Crippen molar-refractivity contribution in [2.24, 2.45) is 0 Å². The lowest BCUT2D eigenvalue weighted by Crippen LogP contribution is -2.00. The van der Waals surface area contributed by atoms with Crippen molar-refractivity contribution in [1.82, 2.24) is 15.2 Å². The molecule has 0 fully saturated rings. The Kier molecular flexibility index (Phi) is 3.17. The van der Waals surface area contributed by atoms with Crippen molar-refractivity contribution in [3.63, 3.8) is 0 Å². The lowest BCUT2D eigenvalue weighted by atomic mass is 10.0. The highest BCUT2D eigenvalue weighted by Crippen LogP contribution is 2.33. The van der Waals surface area contributed by atoms with Gasteiger partial charge < -0.3 is 10.2 Å². The number of benzene rings is 1. The van der Waals surface area contributed by atoms with Gasteiger partial charge in [0.1, 0.15) is 5.75 Å². The number of aromatic hydroxyl groups is 1. The minimum Gasteiger partial charge on any atom is -0.507 e. The van der Waals surface area contributed by atoms with Gasteiger partial charge in [-0.1, -0.05) is 0 Å².